The lowest BCUT2D eigenvalue weighted by atomic mass is 9.36. The van der Waals surface area contributed by atoms with E-state index < -0.39 is 0 Å². The fourth-order valence-corrected chi connectivity index (χ4v) is 6.64. The zero-order chi connectivity index (χ0) is 26.9. The minimum Gasteiger partial charge on any atom is -0.0618 e. The molecule has 38 heavy (non-hydrogen) atoms. The van der Waals surface area contributed by atoms with Crippen molar-refractivity contribution in [1.29, 1.82) is 0 Å². The average molecular weight is 495 g/mol. The summed E-state index contributed by atoms with van der Waals surface area (Å²) in [6.07, 6.45) is 0. The van der Waals surface area contributed by atoms with Crippen LogP contribution in [-0.4, -0.2) is 6.71 Å². The van der Waals surface area contributed by atoms with Crippen LogP contribution in [0, 0.1) is 13.8 Å². The minimum atomic E-state index is 0.242. The van der Waals surface area contributed by atoms with E-state index in [1.165, 1.54) is 71.4 Å². The maximum Gasteiger partial charge on any atom is 0.243 e. The lowest BCUT2D eigenvalue weighted by Gasteiger charge is -2.26. The number of rotatable bonds is 4. The molecule has 0 nitrogen and oxygen atoms in total. The highest BCUT2D eigenvalue weighted by atomic mass is 14.3. The highest BCUT2D eigenvalue weighted by molar-refractivity contribution is 6.99. The number of hydrogen-bond acceptors (Lipinski definition) is 0. The van der Waals surface area contributed by atoms with Crippen LogP contribution in [-0.2, 0) is 0 Å². The summed E-state index contributed by atoms with van der Waals surface area (Å²) in [6.45, 7) is 18.8. The van der Waals surface area contributed by atoms with Gasteiger partial charge in [0.05, 0.1) is 0 Å². The zero-order valence-electron chi connectivity index (χ0n) is 24.2. The van der Waals surface area contributed by atoms with Crippen molar-refractivity contribution in [3.8, 4) is 11.1 Å². The molecule has 0 atom stereocenters. The number of aryl methyl sites for hydroxylation is 2. The summed E-state index contributed by atoms with van der Waals surface area (Å²) in [4.78, 5) is 0. The monoisotopic (exact) mass is 494 g/mol. The molecule has 5 aromatic rings. The standard InChI is InChI=1S/C37H39B/c1-21(2)28-17-31(22(3)4)37(32(18-28)23(5)6)38-35-19-29-13-24(7)9-11-26(29)15-33(35)34-16-27-12-10-25(8)14-30(27)20-36(34)38/h9-23H,1-8H3. The Morgan fingerprint density at radius 1 is 0.474 bits per heavy atom. The van der Waals surface area contributed by atoms with E-state index in [2.05, 4.69) is 128 Å². The Morgan fingerprint density at radius 2 is 0.921 bits per heavy atom. The maximum absolute atomic E-state index is 2.52. The molecule has 0 saturated heterocycles. The van der Waals surface area contributed by atoms with Crippen molar-refractivity contribution < 1.29 is 0 Å². The van der Waals surface area contributed by atoms with Crippen LogP contribution in [0.4, 0.5) is 0 Å². The van der Waals surface area contributed by atoms with Crippen molar-refractivity contribution >= 4 is 44.6 Å². The molecule has 0 amide bonds. The van der Waals surface area contributed by atoms with Gasteiger partial charge in [-0.15, -0.1) is 0 Å². The van der Waals surface area contributed by atoms with Gasteiger partial charge in [0.15, 0.2) is 0 Å². The first-order valence-electron chi connectivity index (χ1n) is 14.4. The third-order valence-electron chi connectivity index (χ3n) is 8.71. The van der Waals surface area contributed by atoms with Gasteiger partial charge in [-0.05, 0) is 93.1 Å². The second kappa shape index (κ2) is 9.16. The van der Waals surface area contributed by atoms with E-state index in [0.29, 0.717) is 17.8 Å². The van der Waals surface area contributed by atoms with Gasteiger partial charge in [0.25, 0.3) is 0 Å². The van der Waals surface area contributed by atoms with Crippen LogP contribution in [0.1, 0.15) is 87.1 Å². The topological polar surface area (TPSA) is 0 Å². The summed E-state index contributed by atoms with van der Waals surface area (Å²) in [7, 11) is 0. The molecule has 0 radical (unpaired) electrons. The van der Waals surface area contributed by atoms with E-state index in [1.54, 1.807) is 5.46 Å². The first-order valence-corrected chi connectivity index (χ1v) is 14.4. The van der Waals surface area contributed by atoms with Crippen molar-refractivity contribution in [2.24, 2.45) is 0 Å². The summed E-state index contributed by atoms with van der Waals surface area (Å²) in [5, 5.41) is 5.34. The second-order valence-electron chi connectivity index (χ2n) is 12.6. The molecular weight excluding hydrogens is 455 g/mol. The van der Waals surface area contributed by atoms with Gasteiger partial charge in [-0.2, -0.15) is 0 Å². The van der Waals surface area contributed by atoms with Crippen LogP contribution in [0.15, 0.2) is 72.8 Å². The van der Waals surface area contributed by atoms with E-state index >= 15 is 0 Å². The van der Waals surface area contributed by atoms with Crippen LogP contribution in [0.5, 0.6) is 0 Å². The lowest BCUT2D eigenvalue weighted by Crippen LogP contribution is -2.52. The Balaban J connectivity index is 1.75. The quantitative estimate of drug-likeness (QED) is 0.216. The first-order chi connectivity index (χ1) is 18.1. The number of benzene rings is 5. The molecule has 5 aromatic carbocycles. The van der Waals surface area contributed by atoms with Crippen LogP contribution in [0.2, 0.25) is 0 Å². The third kappa shape index (κ3) is 3.99. The Hall–Kier alpha value is -3.32. The van der Waals surface area contributed by atoms with Crippen LogP contribution in [0.25, 0.3) is 32.7 Å². The van der Waals surface area contributed by atoms with E-state index in [1.807, 2.05) is 0 Å². The van der Waals surface area contributed by atoms with Crippen LogP contribution < -0.4 is 16.4 Å². The molecule has 1 aliphatic heterocycles. The molecule has 0 saturated carbocycles. The summed E-state index contributed by atoms with van der Waals surface area (Å²) in [6, 6.07) is 28.7. The maximum atomic E-state index is 2.52. The highest BCUT2D eigenvalue weighted by Crippen LogP contribution is 2.34. The number of fused-ring (bicyclic) bond motifs is 5. The molecule has 190 valence electrons. The first kappa shape index (κ1) is 25.0. The highest BCUT2D eigenvalue weighted by Gasteiger charge is 2.37. The molecule has 0 aliphatic carbocycles. The minimum absolute atomic E-state index is 0.242. The smallest absolute Gasteiger partial charge is 0.0618 e. The molecular formula is C37H39B. The molecule has 0 spiro atoms. The van der Waals surface area contributed by atoms with Crippen molar-refractivity contribution in [3.63, 3.8) is 0 Å². The zero-order valence-corrected chi connectivity index (χ0v) is 24.2. The predicted octanol–water partition coefficient (Wildman–Crippen LogP) is 8.48. The van der Waals surface area contributed by atoms with E-state index in [9.17, 15) is 0 Å². The van der Waals surface area contributed by atoms with Gasteiger partial charge >= 0.3 is 0 Å². The Morgan fingerprint density at radius 3 is 1.32 bits per heavy atom. The average Bonchev–Trinajstić information content (AvgIpc) is 3.16. The van der Waals surface area contributed by atoms with Crippen molar-refractivity contribution in [3.05, 3.63) is 101 Å². The molecule has 0 bridgehead atoms. The molecule has 0 N–H and O–H groups in total. The summed E-state index contributed by atoms with van der Waals surface area (Å²) in [5.41, 5.74) is 14.4. The van der Waals surface area contributed by atoms with Gasteiger partial charge in [0, 0.05) is 0 Å². The van der Waals surface area contributed by atoms with E-state index in [-0.39, 0.29) is 6.71 Å². The van der Waals surface area contributed by atoms with Gasteiger partial charge in [0.2, 0.25) is 6.71 Å². The van der Waals surface area contributed by atoms with E-state index in [4.69, 9.17) is 0 Å². The molecule has 0 aromatic heterocycles. The number of hydrogen-bond donors (Lipinski definition) is 0. The van der Waals surface area contributed by atoms with Crippen molar-refractivity contribution in [2.45, 2.75) is 73.1 Å². The molecule has 6 rings (SSSR count). The summed E-state index contributed by atoms with van der Waals surface area (Å²) < 4.78 is 0. The summed E-state index contributed by atoms with van der Waals surface area (Å²) >= 11 is 0. The van der Waals surface area contributed by atoms with Crippen molar-refractivity contribution in [1.82, 2.24) is 0 Å². The molecule has 0 fully saturated rings. The predicted molar refractivity (Wildman–Crippen MR) is 170 cm³/mol. The lowest BCUT2D eigenvalue weighted by molar-refractivity contribution is 0.812. The molecule has 1 aliphatic rings. The van der Waals surface area contributed by atoms with Crippen LogP contribution >= 0.6 is 0 Å². The molecule has 0 unspecified atom stereocenters. The van der Waals surface area contributed by atoms with Gasteiger partial charge in [0.1, 0.15) is 0 Å². The fourth-order valence-electron chi connectivity index (χ4n) is 6.64. The van der Waals surface area contributed by atoms with Gasteiger partial charge in [-0.25, -0.2) is 0 Å². The normalized spacial score (nSPS) is 12.9. The molecule has 1 heteroatoms. The van der Waals surface area contributed by atoms with Crippen LogP contribution in [0.3, 0.4) is 0 Å². The molecule has 1 heterocycles. The largest absolute Gasteiger partial charge is 0.243 e. The Labute approximate surface area is 229 Å². The van der Waals surface area contributed by atoms with E-state index in [0.717, 1.165) is 0 Å². The van der Waals surface area contributed by atoms with Crippen molar-refractivity contribution in [2.75, 3.05) is 0 Å². The van der Waals surface area contributed by atoms with Gasteiger partial charge in [-0.1, -0.05) is 130 Å². The SMILES string of the molecule is Cc1ccc2cc3c(cc2c1)B(c1c(C(C)C)cc(C(C)C)cc1C(C)C)c1cc2cc(C)ccc2cc1-3. The van der Waals surface area contributed by atoms with Gasteiger partial charge in [-0.3, -0.25) is 0 Å². The third-order valence-corrected chi connectivity index (χ3v) is 8.71. The summed E-state index contributed by atoms with van der Waals surface area (Å²) in [5.74, 6) is 1.43. The Kier molecular flexibility index (Phi) is 6.02. The second-order valence-corrected chi connectivity index (χ2v) is 12.6. The Bertz CT molecular complexity index is 1600. The fraction of sp³-hybridized carbons (Fsp3) is 0.297. The van der Waals surface area contributed by atoms with Gasteiger partial charge < -0.3 is 0 Å².